The third-order valence-corrected chi connectivity index (χ3v) is 5.98. The Morgan fingerprint density at radius 3 is 2.45 bits per heavy atom. The lowest BCUT2D eigenvalue weighted by molar-refractivity contribution is 0.570. The molecular weight excluding hydrogens is 292 g/mol. The Bertz CT molecular complexity index is 554. The molecule has 0 heterocycles. The van der Waals surface area contributed by atoms with Crippen molar-refractivity contribution in [2.24, 2.45) is 5.73 Å². The van der Waals surface area contributed by atoms with E-state index >= 15 is 0 Å². The van der Waals surface area contributed by atoms with Crippen LogP contribution in [0.15, 0.2) is 23.1 Å². The van der Waals surface area contributed by atoms with E-state index in [2.05, 4.69) is 4.72 Å². The van der Waals surface area contributed by atoms with E-state index in [0.29, 0.717) is 13.1 Å². The Balaban J connectivity index is 2.98. The van der Waals surface area contributed by atoms with Crippen LogP contribution in [0.5, 0.6) is 0 Å². The SMILES string of the molecule is CCc1ccc(S(=O)(=O)NCC(C)(C)SC)cc1CN. The molecule has 0 amide bonds. The molecular formula is C14H24N2O2S2. The molecule has 0 aromatic heterocycles. The van der Waals surface area contributed by atoms with Gasteiger partial charge in [0.1, 0.15) is 0 Å². The van der Waals surface area contributed by atoms with Crippen LogP contribution in [0.1, 0.15) is 31.9 Å². The van der Waals surface area contributed by atoms with Crippen LogP contribution in [-0.4, -0.2) is 26.0 Å². The van der Waals surface area contributed by atoms with Crippen LogP contribution in [0, 0.1) is 0 Å². The molecule has 3 N–H and O–H groups in total. The van der Waals surface area contributed by atoms with Gasteiger partial charge in [-0.1, -0.05) is 13.0 Å². The zero-order valence-electron chi connectivity index (χ0n) is 12.6. The van der Waals surface area contributed by atoms with Crippen molar-refractivity contribution in [3.63, 3.8) is 0 Å². The summed E-state index contributed by atoms with van der Waals surface area (Å²) < 4.78 is 27.1. The van der Waals surface area contributed by atoms with Crippen molar-refractivity contribution in [1.29, 1.82) is 0 Å². The second-order valence-electron chi connectivity index (χ2n) is 5.28. The maximum atomic E-state index is 12.3. The molecule has 20 heavy (non-hydrogen) atoms. The average molecular weight is 316 g/mol. The minimum atomic E-state index is -3.48. The zero-order valence-corrected chi connectivity index (χ0v) is 14.2. The number of thioether (sulfide) groups is 1. The van der Waals surface area contributed by atoms with Gasteiger partial charge in [0.05, 0.1) is 4.90 Å². The van der Waals surface area contributed by atoms with Gasteiger partial charge in [-0.15, -0.1) is 0 Å². The molecule has 0 bridgehead atoms. The average Bonchev–Trinajstić information content (AvgIpc) is 2.44. The van der Waals surface area contributed by atoms with Gasteiger partial charge in [-0.2, -0.15) is 11.8 Å². The zero-order chi connectivity index (χ0) is 15.4. The molecule has 0 saturated heterocycles. The molecule has 1 aromatic carbocycles. The predicted molar refractivity (Wildman–Crippen MR) is 86.5 cm³/mol. The number of benzene rings is 1. The molecule has 0 aliphatic heterocycles. The van der Waals surface area contributed by atoms with Gasteiger partial charge in [0, 0.05) is 17.8 Å². The van der Waals surface area contributed by atoms with Crippen molar-refractivity contribution in [2.45, 2.75) is 43.4 Å². The minimum absolute atomic E-state index is 0.132. The highest BCUT2D eigenvalue weighted by Crippen LogP contribution is 2.21. The fourth-order valence-corrected chi connectivity index (χ4v) is 3.30. The quantitative estimate of drug-likeness (QED) is 0.808. The summed E-state index contributed by atoms with van der Waals surface area (Å²) in [4.78, 5) is 0.284. The summed E-state index contributed by atoms with van der Waals surface area (Å²) in [5.41, 5.74) is 7.67. The number of hydrogen-bond acceptors (Lipinski definition) is 4. The maximum absolute atomic E-state index is 12.3. The van der Waals surface area contributed by atoms with Gasteiger partial charge in [0.2, 0.25) is 10.0 Å². The molecule has 0 atom stereocenters. The van der Waals surface area contributed by atoms with Crippen molar-refractivity contribution in [1.82, 2.24) is 4.72 Å². The predicted octanol–water partition coefficient (Wildman–Crippen LogP) is 2.13. The normalized spacial score (nSPS) is 12.7. The first-order valence-electron chi connectivity index (χ1n) is 6.62. The smallest absolute Gasteiger partial charge is 0.240 e. The standard InChI is InChI=1S/C14H24N2O2S2/c1-5-11-6-7-13(8-12(11)9-15)20(17,18)16-10-14(2,3)19-4/h6-8,16H,5,9-10,15H2,1-4H3. The van der Waals surface area contributed by atoms with E-state index in [9.17, 15) is 8.42 Å². The minimum Gasteiger partial charge on any atom is -0.326 e. The van der Waals surface area contributed by atoms with Gasteiger partial charge < -0.3 is 5.73 Å². The lowest BCUT2D eigenvalue weighted by Crippen LogP contribution is -2.36. The lowest BCUT2D eigenvalue weighted by Gasteiger charge is -2.22. The Labute approximate surface area is 126 Å². The van der Waals surface area contributed by atoms with Gasteiger partial charge in [0.25, 0.3) is 0 Å². The van der Waals surface area contributed by atoms with Gasteiger partial charge in [-0.25, -0.2) is 13.1 Å². The number of aryl methyl sites for hydroxylation is 1. The van der Waals surface area contributed by atoms with Gasteiger partial charge in [0.15, 0.2) is 0 Å². The number of nitrogens with two attached hydrogens (primary N) is 1. The van der Waals surface area contributed by atoms with E-state index in [1.807, 2.05) is 33.1 Å². The van der Waals surface area contributed by atoms with Crippen molar-refractivity contribution in [2.75, 3.05) is 12.8 Å². The first-order valence-corrected chi connectivity index (χ1v) is 9.33. The van der Waals surface area contributed by atoms with E-state index in [1.54, 1.807) is 23.9 Å². The monoisotopic (exact) mass is 316 g/mol. The van der Waals surface area contributed by atoms with Crippen LogP contribution in [0.25, 0.3) is 0 Å². The highest BCUT2D eigenvalue weighted by Gasteiger charge is 2.21. The number of rotatable bonds is 7. The maximum Gasteiger partial charge on any atom is 0.240 e. The molecule has 0 spiro atoms. The van der Waals surface area contributed by atoms with E-state index in [1.165, 1.54) is 0 Å². The van der Waals surface area contributed by atoms with Crippen molar-refractivity contribution in [3.05, 3.63) is 29.3 Å². The summed E-state index contributed by atoms with van der Waals surface area (Å²) in [5.74, 6) is 0. The Morgan fingerprint density at radius 2 is 1.95 bits per heavy atom. The first kappa shape index (κ1) is 17.5. The highest BCUT2D eigenvalue weighted by molar-refractivity contribution is 8.00. The number of hydrogen-bond donors (Lipinski definition) is 2. The molecule has 0 fully saturated rings. The third-order valence-electron chi connectivity index (χ3n) is 3.33. The number of nitrogens with one attached hydrogen (secondary N) is 1. The molecule has 1 rings (SSSR count). The largest absolute Gasteiger partial charge is 0.326 e. The van der Waals surface area contributed by atoms with Crippen molar-refractivity contribution in [3.8, 4) is 0 Å². The summed E-state index contributed by atoms with van der Waals surface area (Å²) in [6.45, 7) is 6.78. The molecule has 0 aliphatic carbocycles. The third kappa shape index (κ3) is 4.48. The molecule has 114 valence electrons. The molecule has 6 heteroatoms. The first-order chi connectivity index (χ1) is 9.25. The van der Waals surface area contributed by atoms with Crippen LogP contribution in [0.3, 0.4) is 0 Å². The molecule has 0 aliphatic rings. The van der Waals surface area contributed by atoms with Crippen molar-refractivity contribution >= 4 is 21.8 Å². The second-order valence-corrected chi connectivity index (χ2v) is 8.56. The van der Waals surface area contributed by atoms with Crippen LogP contribution < -0.4 is 10.5 Å². The van der Waals surface area contributed by atoms with Crippen LogP contribution in [-0.2, 0) is 23.0 Å². The fourth-order valence-electron chi connectivity index (χ4n) is 1.73. The molecule has 1 aromatic rings. The molecule has 0 saturated carbocycles. The topological polar surface area (TPSA) is 72.2 Å². The van der Waals surface area contributed by atoms with Crippen molar-refractivity contribution < 1.29 is 8.42 Å². The molecule has 0 unspecified atom stereocenters. The van der Waals surface area contributed by atoms with E-state index in [4.69, 9.17) is 5.73 Å². The van der Waals surface area contributed by atoms with Gasteiger partial charge >= 0.3 is 0 Å². The molecule has 4 nitrogen and oxygen atoms in total. The summed E-state index contributed by atoms with van der Waals surface area (Å²) in [6.07, 6.45) is 2.82. The van der Waals surface area contributed by atoms with E-state index in [0.717, 1.165) is 17.5 Å². The van der Waals surface area contributed by atoms with Gasteiger partial charge in [-0.05, 0) is 49.8 Å². The van der Waals surface area contributed by atoms with E-state index < -0.39 is 10.0 Å². The molecule has 0 radical (unpaired) electrons. The summed E-state index contributed by atoms with van der Waals surface area (Å²) in [6, 6.07) is 5.16. The van der Waals surface area contributed by atoms with Crippen LogP contribution in [0.4, 0.5) is 0 Å². The highest BCUT2D eigenvalue weighted by atomic mass is 32.2. The summed E-state index contributed by atoms with van der Waals surface area (Å²) in [5, 5.41) is 0. The van der Waals surface area contributed by atoms with Crippen LogP contribution >= 0.6 is 11.8 Å². The number of sulfonamides is 1. The van der Waals surface area contributed by atoms with E-state index in [-0.39, 0.29) is 9.64 Å². The van der Waals surface area contributed by atoms with Gasteiger partial charge in [-0.3, -0.25) is 0 Å². The lowest BCUT2D eigenvalue weighted by atomic mass is 10.1. The fraction of sp³-hybridized carbons (Fsp3) is 0.571. The summed E-state index contributed by atoms with van der Waals surface area (Å²) >= 11 is 1.63. The Morgan fingerprint density at radius 1 is 1.30 bits per heavy atom. The van der Waals surface area contributed by atoms with Crippen LogP contribution in [0.2, 0.25) is 0 Å². The second kappa shape index (κ2) is 6.93. The Hall–Kier alpha value is -0.560. The Kier molecular flexibility index (Phi) is 6.06. The summed E-state index contributed by atoms with van der Waals surface area (Å²) in [7, 11) is -3.48.